The van der Waals surface area contributed by atoms with E-state index in [2.05, 4.69) is 21.3 Å². The molecule has 0 saturated carbocycles. The molecule has 11 heteroatoms. The first kappa shape index (κ1) is 21.7. The Bertz CT molecular complexity index is 1400. The summed E-state index contributed by atoms with van der Waals surface area (Å²) in [6.07, 6.45) is 1.52. The van der Waals surface area contributed by atoms with Crippen LogP contribution in [0, 0.1) is 23.0 Å². The molecule has 4 heterocycles. The number of carbonyl (C=O) groups excluding carboxylic acids is 1. The average Bonchev–Trinajstić information content (AvgIpc) is 3.60. The maximum Gasteiger partial charge on any atom is 0.266 e. The first-order valence-electron chi connectivity index (χ1n) is 10.7. The van der Waals surface area contributed by atoms with E-state index in [1.54, 1.807) is 21.6 Å². The van der Waals surface area contributed by atoms with E-state index in [9.17, 15) is 10.1 Å². The maximum atomic E-state index is 13.1. The van der Waals surface area contributed by atoms with Gasteiger partial charge in [0, 0.05) is 31.7 Å². The molecule has 1 fully saturated rings. The number of rotatable bonds is 5. The van der Waals surface area contributed by atoms with Crippen molar-refractivity contribution in [2.45, 2.75) is 13.5 Å². The van der Waals surface area contributed by atoms with Crippen molar-refractivity contribution in [3.8, 4) is 29.1 Å². The largest absolute Gasteiger partial charge is 0.459 e. The number of amides is 1. The van der Waals surface area contributed by atoms with Crippen molar-refractivity contribution < 1.29 is 13.6 Å². The number of hydrogen-bond acceptors (Lipinski definition) is 8. The highest BCUT2D eigenvalue weighted by molar-refractivity contribution is 7.71. The molecule has 1 amide bonds. The predicted octanol–water partition coefficient (Wildman–Crippen LogP) is 3.38. The van der Waals surface area contributed by atoms with Gasteiger partial charge < -0.3 is 18.6 Å². The zero-order valence-electron chi connectivity index (χ0n) is 18.4. The number of nitriles is 1. The highest BCUT2D eigenvalue weighted by Crippen LogP contribution is 2.29. The summed E-state index contributed by atoms with van der Waals surface area (Å²) in [6, 6.07) is 13.4. The molecule has 1 aliphatic rings. The third-order valence-electron chi connectivity index (χ3n) is 5.73. The van der Waals surface area contributed by atoms with Crippen molar-refractivity contribution in [3.63, 3.8) is 0 Å². The van der Waals surface area contributed by atoms with E-state index in [0.29, 0.717) is 48.4 Å². The van der Waals surface area contributed by atoms with Crippen LogP contribution in [-0.2, 0) is 11.3 Å². The molecule has 1 aromatic carbocycles. The lowest BCUT2D eigenvalue weighted by molar-refractivity contribution is -0.132. The number of aromatic nitrogens is 4. The van der Waals surface area contributed by atoms with Crippen molar-refractivity contribution in [1.82, 2.24) is 24.6 Å². The van der Waals surface area contributed by atoms with E-state index in [-0.39, 0.29) is 24.0 Å². The molecule has 1 aliphatic heterocycles. The normalized spacial score (nSPS) is 13.8. The SMILES string of the molecule is Cc1ccc(-c2n[nH]c(=S)n2CC(=O)N2CCN(c3oc(-c4ccco4)nc3C#N)CC2)cc1. The van der Waals surface area contributed by atoms with Crippen LogP contribution in [0.15, 0.2) is 51.5 Å². The lowest BCUT2D eigenvalue weighted by Gasteiger charge is -2.34. The van der Waals surface area contributed by atoms with Crippen molar-refractivity contribution in [2.24, 2.45) is 0 Å². The molecule has 4 aromatic rings. The van der Waals surface area contributed by atoms with Gasteiger partial charge >= 0.3 is 0 Å². The lowest BCUT2D eigenvalue weighted by atomic mass is 10.1. The van der Waals surface area contributed by atoms with Crippen molar-refractivity contribution in [1.29, 1.82) is 5.26 Å². The number of hydrogen-bond donors (Lipinski definition) is 1. The Labute approximate surface area is 200 Å². The number of oxazole rings is 1. The Morgan fingerprint density at radius 3 is 2.65 bits per heavy atom. The van der Waals surface area contributed by atoms with Gasteiger partial charge in [-0.2, -0.15) is 15.3 Å². The van der Waals surface area contributed by atoms with Gasteiger partial charge in [-0.3, -0.25) is 14.5 Å². The fourth-order valence-electron chi connectivity index (χ4n) is 3.89. The second-order valence-corrected chi connectivity index (χ2v) is 8.32. The van der Waals surface area contributed by atoms with E-state index in [4.69, 9.17) is 21.1 Å². The number of H-pyrrole nitrogens is 1. The topological polar surface area (TPSA) is 120 Å². The van der Waals surface area contributed by atoms with E-state index < -0.39 is 0 Å². The quantitative estimate of drug-likeness (QED) is 0.436. The minimum Gasteiger partial charge on any atom is -0.459 e. The Hall–Kier alpha value is -4.17. The smallest absolute Gasteiger partial charge is 0.266 e. The van der Waals surface area contributed by atoms with Gasteiger partial charge in [0.2, 0.25) is 17.5 Å². The van der Waals surface area contributed by atoms with Gasteiger partial charge in [0.05, 0.1) is 6.26 Å². The van der Waals surface area contributed by atoms with Crippen LogP contribution >= 0.6 is 12.2 Å². The second kappa shape index (κ2) is 8.99. The number of benzene rings is 1. The van der Waals surface area contributed by atoms with Crippen molar-refractivity contribution >= 4 is 24.0 Å². The van der Waals surface area contributed by atoms with E-state index in [0.717, 1.165) is 11.1 Å². The molecule has 0 bridgehead atoms. The zero-order chi connectivity index (χ0) is 23.7. The second-order valence-electron chi connectivity index (χ2n) is 7.93. The molecule has 1 N–H and O–H groups in total. The molecule has 0 atom stereocenters. The Kier molecular flexibility index (Phi) is 5.73. The number of piperazine rings is 1. The van der Waals surface area contributed by atoms with Gasteiger partial charge in [0.25, 0.3) is 5.89 Å². The van der Waals surface area contributed by atoms with Crippen LogP contribution in [0.2, 0.25) is 0 Å². The van der Waals surface area contributed by atoms with Crippen LogP contribution in [0.1, 0.15) is 11.3 Å². The molecule has 5 rings (SSSR count). The molecule has 34 heavy (non-hydrogen) atoms. The number of aromatic amines is 1. The van der Waals surface area contributed by atoms with Crippen LogP contribution in [0.5, 0.6) is 0 Å². The number of anilines is 1. The van der Waals surface area contributed by atoms with Crippen LogP contribution < -0.4 is 4.90 Å². The standard InChI is InChI=1S/C23H21N7O3S/c1-15-4-6-16(7-5-15)20-26-27-23(34)30(20)14-19(31)28-8-10-29(11-9-28)22-17(13-24)25-21(33-22)18-3-2-12-32-18/h2-7,12H,8-11,14H2,1H3,(H,27,34). The first-order valence-corrected chi connectivity index (χ1v) is 11.1. The zero-order valence-corrected chi connectivity index (χ0v) is 19.2. The van der Waals surface area contributed by atoms with Gasteiger partial charge in [-0.1, -0.05) is 29.8 Å². The minimum atomic E-state index is -0.0557. The molecule has 0 spiro atoms. The third kappa shape index (κ3) is 4.11. The molecule has 0 unspecified atom stereocenters. The molecular formula is C23H21N7O3S. The van der Waals surface area contributed by atoms with Gasteiger partial charge in [0.15, 0.2) is 16.4 Å². The summed E-state index contributed by atoms with van der Waals surface area (Å²) >= 11 is 5.37. The minimum absolute atomic E-state index is 0.0557. The molecule has 1 saturated heterocycles. The summed E-state index contributed by atoms with van der Waals surface area (Å²) < 4.78 is 13.3. The first-order chi connectivity index (χ1) is 16.5. The summed E-state index contributed by atoms with van der Waals surface area (Å²) in [6.45, 7) is 4.08. The Morgan fingerprint density at radius 2 is 1.97 bits per heavy atom. The summed E-state index contributed by atoms with van der Waals surface area (Å²) in [4.78, 5) is 21.0. The van der Waals surface area contributed by atoms with Crippen molar-refractivity contribution in [2.75, 3.05) is 31.1 Å². The van der Waals surface area contributed by atoms with Crippen LogP contribution in [0.4, 0.5) is 5.88 Å². The highest BCUT2D eigenvalue weighted by atomic mass is 32.1. The number of carbonyl (C=O) groups is 1. The molecule has 0 aliphatic carbocycles. The van der Waals surface area contributed by atoms with E-state index in [1.807, 2.05) is 36.1 Å². The molecule has 3 aromatic heterocycles. The average molecular weight is 476 g/mol. The fraction of sp³-hybridized carbons (Fsp3) is 0.261. The Morgan fingerprint density at radius 1 is 1.21 bits per heavy atom. The molecule has 10 nitrogen and oxygen atoms in total. The van der Waals surface area contributed by atoms with Crippen LogP contribution in [-0.4, -0.2) is 56.7 Å². The van der Waals surface area contributed by atoms with Gasteiger partial charge in [-0.25, -0.2) is 0 Å². The van der Waals surface area contributed by atoms with Gasteiger partial charge in [0.1, 0.15) is 12.6 Å². The fourth-order valence-corrected chi connectivity index (χ4v) is 4.08. The molecule has 172 valence electrons. The van der Waals surface area contributed by atoms with Gasteiger partial charge in [-0.15, -0.1) is 0 Å². The summed E-state index contributed by atoms with van der Waals surface area (Å²) in [5.41, 5.74) is 2.22. The summed E-state index contributed by atoms with van der Waals surface area (Å²) in [5, 5.41) is 16.6. The molecular weight excluding hydrogens is 454 g/mol. The summed E-state index contributed by atoms with van der Waals surface area (Å²) in [5.74, 6) is 1.67. The number of nitrogens with zero attached hydrogens (tertiary/aromatic N) is 6. The monoisotopic (exact) mass is 475 g/mol. The summed E-state index contributed by atoms with van der Waals surface area (Å²) in [7, 11) is 0. The number of nitrogens with one attached hydrogen (secondary N) is 1. The predicted molar refractivity (Wildman–Crippen MR) is 125 cm³/mol. The van der Waals surface area contributed by atoms with E-state index in [1.165, 1.54) is 6.26 Å². The Balaban J connectivity index is 1.27. The number of aryl methyl sites for hydroxylation is 1. The maximum absolute atomic E-state index is 13.1. The van der Waals surface area contributed by atoms with Crippen LogP contribution in [0.25, 0.3) is 23.0 Å². The third-order valence-corrected chi connectivity index (χ3v) is 6.04. The lowest BCUT2D eigenvalue weighted by Crippen LogP contribution is -2.49. The van der Waals surface area contributed by atoms with Gasteiger partial charge in [-0.05, 0) is 31.3 Å². The molecule has 0 radical (unpaired) electrons. The van der Waals surface area contributed by atoms with Crippen molar-refractivity contribution in [3.05, 3.63) is 58.7 Å². The van der Waals surface area contributed by atoms with E-state index >= 15 is 0 Å². The van der Waals surface area contributed by atoms with Crippen LogP contribution in [0.3, 0.4) is 0 Å². The number of furan rings is 1. The highest BCUT2D eigenvalue weighted by Gasteiger charge is 2.27.